The van der Waals surface area contributed by atoms with Gasteiger partial charge in [0.15, 0.2) is 0 Å². The van der Waals surface area contributed by atoms with E-state index in [2.05, 4.69) is 13.8 Å². The van der Waals surface area contributed by atoms with Crippen molar-refractivity contribution in [1.29, 1.82) is 0 Å². The van der Waals surface area contributed by atoms with Crippen LogP contribution in [0, 0.1) is 0 Å². The van der Waals surface area contributed by atoms with Crippen LogP contribution in [0.4, 0.5) is 0 Å². The number of unbranched alkanes of at least 4 members (excludes halogenated alkanes) is 22. The summed E-state index contributed by atoms with van der Waals surface area (Å²) in [6, 6.07) is 38.1. The maximum Gasteiger partial charge on any atom is 0.343 e. The summed E-state index contributed by atoms with van der Waals surface area (Å²) >= 11 is 0. The molecular formula is C66H80O8. The zero-order valence-electron chi connectivity index (χ0n) is 44.4. The quantitative estimate of drug-likeness (QED) is 0.0224. The summed E-state index contributed by atoms with van der Waals surface area (Å²) in [4.78, 5) is 52.1. The smallest absolute Gasteiger partial charge is 0.343 e. The predicted octanol–water partition coefficient (Wildman–Crippen LogP) is 18.2. The number of hydrogen-bond donors (Lipinski definition) is 0. The number of esters is 4. The molecule has 0 saturated carbocycles. The fourth-order valence-corrected chi connectivity index (χ4v) is 9.27. The van der Waals surface area contributed by atoms with Crippen LogP contribution in [0.1, 0.15) is 221 Å². The number of fused-ring (bicyclic) bond motifs is 1. The molecule has 6 aromatic carbocycles. The van der Waals surface area contributed by atoms with E-state index in [1.54, 1.807) is 97.1 Å². The highest BCUT2D eigenvalue weighted by molar-refractivity contribution is 5.95. The maximum atomic E-state index is 13.1. The zero-order valence-corrected chi connectivity index (χ0v) is 44.4. The lowest BCUT2D eigenvalue weighted by Gasteiger charge is -2.09. The normalized spacial score (nSPS) is 11.1. The van der Waals surface area contributed by atoms with Crippen LogP contribution < -0.4 is 18.9 Å². The summed E-state index contributed by atoms with van der Waals surface area (Å²) in [5.74, 6) is -0.858. The van der Waals surface area contributed by atoms with Crippen LogP contribution in [0.25, 0.3) is 10.8 Å². The van der Waals surface area contributed by atoms with Gasteiger partial charge in [0.05, 0.1) is 22.3 Å². The molecule has 0 saturated heterocycles. The molecule has 0 aliphatic carbocycles. The van der Waals surface area contributed by atoms with Crippen molar-refractivity contribution in [3.05, 3.63) is 167 Å². The average molecular weight is 1000 g/mol. The van der Waals surface area contributed by atoms with Crippen molar-refractivity contribution in [1.82, 2.24) is 0 Å². The van der Waals surface area contributed by atoms with Gasteiger partial charge in [-0.1, -0.05) is 192 Å². The van der Waals surface area contributed by atoms with Crippen molar-refractivity contribution in [2.45, 2.75) is 181 Å². The Morgan fingerprint density at radius 2 is 0.514 bits per heavy atom. The van der Waals surface area contributed by atoms with Crippen LogP contribution in [0.2, 0.25) is 0 Å². The fourth-order valence-electron chi connectivity index (χ4n) is 9.27. The first-order valence-electron chi connectivity index (χ1n) is 28.1. The van der Waals surface area contributed by atoms with E-state index < -0.39 is 23.9 Å². The van der Waals surface area contributed by atoms with Crippen LogP contribution in [0.5, 0.6) is 23.0 Å². The number of aryl methyl sites for hydroxylation is 2. The monoisotopic (exact) mass is 1000 g/mol. The minimum absolute atomic E-state index is 0.282. The lowest BCUT2D eigenvalue weighted by molar-refractivity contribution is 0.0720. The van der Waals surface area contributed by atoms with Crippen molar-refractivity contribution in [2.24, 2.45) is 0 Å². The minimum atomic E-state index is -0.583. The lowest BCUT2D eigenvalue weighted by Crippen LogP contribution is -2.10. The van der Waals surface area contributed by atoms with Crippen LogP contribution in [0.3, 0.4) is 0 Å². The van der Waals surface area contributed by atoms with E-state index in [1.807, 2.05) is 36.4 Å². The number of benzene rings is 6. The first-order valence-corrected chi connectivity index (χ1v) is 28.1. The molecule has 0 heterocycles. The molecule has 0 radical (unpaired) electrons. The van der Waals surface area contributed by atoms with Gasteiger partial charge in [0.25, 0.3) is 0 Å². The van der Waals surface area contributed by atoms with Gasteiger partial charge < -0.3 is 18.9 Å². The van der Waals surface area contributed by atoms with Crippen molar-refractivity contribution >= 4 is 34.6 Å². The third-order valence-corrected chi connectivity index (χ3v) is 13.8. The Morgan fingerprint density at radius 3 is 0.811 bits per heavy atom. The second-order valence-corrected chi connectivity index (χ2v) is 19.9. The van der Waals surface area contributed by atoms with Gasteiger partial charge in [-0.05, 0) is 145 Å². The summed E-state index contributed by atoms with van der Waals surface area (Å²) in [6.07, 6.45) is 33.7. The summed E-state index contributed by atoms with van der Waals surface area (Å²) < 4.78 is 22.6. The predicted molar refractivity (Wildman–Crippen MR) is 299 cm³/mol. The molecule has 6 rings (SSSR count). The number of carbonyl (C=O) groups is 4. The minimum Gasteiger partial charge on any atom is -0.423 e. The van der Waals surface area contributed by atoms with Crippen molar-refractivity contribution in [3.63, 3.8) is 0 Å². The third-order valence-electron chi connectivity index (χ3n) is 13.8. The molecule has 0 aliphatic rings. The SMILES string of the molecule is CCCCCCCCCCCCCCc1ccc(C(=O)Oc2ccc(C(=O)Oc3ccc4ccc(OC(=O)c5ccc(OC(=O)c6ccc(CCCCCCCCCCCCCC)cc6)cc5)cc4c3)cc2)cc1. The number of rotatable bonds is 34. The molecule has 392 valence electrons. The highest BCUT2D eigenvalue weighted by atomic mass is 16.5. The van der Waals surface area contributed by atoms with Crippen molar-refractivity contribution in [2.75, 3.05) is 0 Å². The topological polar surface area (TPSA) is 105 Å². The van der Waals surface area contributed by atoms with Gasteiger partial charge in [0.1, 0.15) is 23.0 Å². The van der Waals surface area contributed by atoms with Gasteiger partial charge in [0.2, 0.25) is 0 Å². The highest BCUT2D eigenvalue weighted by Crippen LogP contribution is 2.28. The summed E-state index contributed by atoms with van der Waals surface area (Å²) in [6.45, 7) is 4.53. The maximum absolute atomic E-state index is 13.1. The van der Waals surface area contributed by atoms with Gasteiger partial charge in [-0.3, -0.25) is 0 Å². The Labute approximate surface area is 441 Å². The second kappa shape index (κ2) is 32.6. The first-order chi connectivity index (χ1) is 36.3. The van der Waals surface area contributed by atoms with Gasteiger partial charge in [-0.2, -0.15) is 0 Å². The molecule has 0 spiro atoms. The fraction of sp³-hybridized carbons (Fsp3) is 0.424. The van der Waals surface area contributed by atoms with Crippen LogP contribution >= 0.6 is 0 Å². The van der Waals surface area contributed by atoms with Gasteiger partial charge in [-0.15, -0.1) is 0 Å². The molecule has 0 aromatic heterocycles. The Balaban J connectivity index is 0.876. The summed E-state index contributed by atoms with van der Waals surface area (Å²) in [7, 11) is 0. The average Bonchev–Trinajstić information content (AvgIpc) is 3.42. The molecule has 0 amide bonds. The molecule has 0 atom stereocenters. The molecule has 6 aromatic rings. The molecule has 0 bridgehead atoms. The molecule has 8 heteroatoms. The highest BCUT2D eigenvalue weighted by Gasteiger charge is 2.15. The van der Waals surface area contributed by atoms with Crippen LogP contribution in [0.15, 0.2) is 133 Å². The number of carbonyl (C=O) groups excluding carboxylic acids is 4. The second-order valence-electron chi connectivity index (χ2n) is 19.9. The van der Waals surface area contributed by atoms with Crippen LogP contribution in [-0.4, -0.2) is 23.9 Å². The van der Waals surface area contributed by atoms with E-state index in [0.29, 0.717) is 39.5 Å². The first kappa shape index (κ1) is 56.8. The van der Waals surface area contributed by atoms with Crippen molar-refractivity contribution in [3.8, 4) is 23.0 Å². The standard InChI is InChI=1S/C66H80O8/c1-3-5-7-9-11-13-15-17-19-21-23-25-27-51-29-33-54(34-30-51)63(67)71-59-43-39-56(40-44-59)65(69)73-61-47-37-53-38-48-62(50-58(53)49-61)74-66(70)57-41-45-60(46-42-57)72-64(68)55-35-31-52(32-36-55)28-26-24-22-20-18-16-14-12-10-8-6-4-2/h29-50H,3-28H2,1-2H3. The molecule has 8 nitrogen and oxygen atoms in total. The Morgan fingerprint density at radius 1 is 0.270 bits per heavy atom. The Bertz CT molecular complexity index is 2420. The molecule has 0 unspecified atom stereocenters. The molecule has 0 fully saturated rings. The van der Waals surface area contributed by atoms with Crippen molar-refractivity contribution < 1.29 is 38.1 Å². The molecule has 0 aliphatic heterocycles. The van der Waals surface area contributed by atoms with Crippen LogP contribution in [-0.2, 0) is 12.8 Å². The van der Waals surface area contributed by atoms with E-state index in [4.69, 9.17) is 18.9 Å². The Hall–Kier alpha value is -6.54. The van der Waals surface area contributed by atoms with Gasteiger partial charge in [-0.25, -0.2) is 19.2 Å². The van der Waals surface area contributed by atoms with Gasteiger partial charge >= 0.3 is 23.9 Å². The number of ether oxygens (including phenoxy) is 4. The van der Waals surface area contributed by atoms with E-state index in [-0.39, 0.29) is 11.1 Å². The third kappa shape index (κ3) is 20.4. The van der Waals surface area contributed by atoms with E-state index >= 15 is 0 Å². The van der Waals surface area contributed by atoms with E-state index in [0.717, 1.165) is 31.1 Å². The zero-order chi connectivity index (χ0) is 52.0. The summed E-state index contributed by atoms with van der Waals surface area (Å²) in [5.41, 5.74) is 3.92. The Kier molecular flexibility index (Phi) is 25.0. The molecule has 0 N–H and O–H groups in total. The van der Waals surface area contributed by atoms with E-state index in [1.165, 1.54) is 152 Å². The van der Waals surface area contributed by atoms with Gasteiger partial charge in [0, 0.05) is 0 Å². The molecule has 74 heavy (non-hydrogen) atoms. The largest absolute Gasteiger partial charge is 0.423 e. The van der Waals surface area contributed by atoms with E-state index in [9.17, 15) is 19.2 Å². The summed E-state index contributed by atoms with van der Waals surface area (Å²) in [5, 5.41) is 1.55. The number of hydrogen-bond acceptors (Lipinski definition) is 8. The lowest BCUT2D eigenvalue weighted by atomic mass is 10.0. The molecular weight excluding hydrogens is 921 g/mol.